The van der Waals surface area contributed by atoms with Crippen molar-refractivity contribution >= 4 is 23.4 Å². The average Bonchev–Trinajstić information content (AvgIpc) is 3.60. The third-order valence-corrected chi connectivity index (χ3v) is 6.57. The summed E-state index contributed by atoms with van der Waals surface area (Å²) in [5, 5.41) is 14.5. The lowest BCUT2D eigenvalue weighted by Gasteiger charge is -2.14. The number of para-hydroxylation sites is 1. The molecule has 33 heavy (non-hydrogen) atoms. The van der Waals surface area contributed by atoms with E-state index >= 15 is 0 Å². The van der Waals surface area contributed by atoms with Crippen molar-refractivity contribution in [3.8, 4) is 28.5 Å². The first-order valence-electron chi connectivity index (χ1n) is 10.6. The van der Waals surface area contributed by atoms with Crippen molar-refractivity contribution in [1.82, 2.24) is 24.9 Å². The Morgan fingerprint density at radius 3 is 2.79 bits per heavy atom. The lowest BCUT2D eigenvalue weighted by molar-refractivity contribution is 0.0953. The summed E-state index contributed by atoms with van der Waals surface area (Å²) in [5.41, 5.74) is 1.74. The predicted octanol–water partition coefficient (Wildman–Crippen LogP) is 5.13. The Kier molecular flexibility index (Phi) is 6.61. The molecule has 1 atom stereocenters. The number of nitrogens with zero attached hydrogens (tertiary/aromatic N) is 5. The molecule has 1 aliphatic heterocycles. The van der Waals surface area contributed by atoms with Gasteiger partial charge in [-0.3, -0.25) is 4.57 Å². The number of benzene rings is 2. The van der Waals surface area contributed by atoms with Gasteiger partial charge in [-0.15, -0.1) is 10.2 Å². The van der Waals surface area contributed by atoms with Crippen molar-refractivity contribution in [2.24, 2.45) is 0 Å². The summed E-state index contributed by atoms with van der Waals surface area (Å²) in [4.78, 5) is 4.54. The molecule has 0 unspecified atom stereocenters. The molecule has 1 aliphatic rings. The average molecular weight is 484 g/mol. The maximum absolute atomic E-state index is 6.07. The molecule has 2 aromatic heterocycles. The van der Waals surface area contributed by atoms with Gasteiger partial charge < -0.3 is 14.0 Å². The van der Waals surface area contributed by atoms with Crippen molar-refractivity contribution in [2.75, 3.05) is 13.7 Å². The normalized spacial score (nSPS) is 15.8. The van der Waals surface area contributed by atoms with Gasteiger partial charge in [0, 0.05) is 17.2 Å². The van der Waals surface area contributed by atoms with Crippen LogP contribution in [0, 0.1) is 0 Å². The van der Waals surface area contributed by atoms with Gasteiger partial charge in [0.25, 0.3) is 0 Å². The number of halogens is 1. The molecule has 0 aliphatic carbocycles. The van der Waals surface area contributed by atoms with E-state index in [9.17, 15) is 0 Å². The molecule has 0 N–H and O–H groups in total. The second-order valence-corrected chi connectivity index (χ2v) is 8.94. The van der Waals surface area contributed by atoms with E-state index in [1.807, 2.05) is 48.5 Å². The zero-order valence-electron chi connectivity index (χ0n) is 18.0. The smallest absolute Gasteiger partial charge is 0.237 e. The highest BCUT2D eigenvalue weighted by molar-refractivity contribution is 7.98. The van der Waals surface area contributed by atoms with Crippen molar-refractivity contribution in [1.29, 1.82) is 0 Å². The number of methoxy groups -OCH3 is 1. The summed E-state index contributed by atoms with van der Waals surface area (Å²) in [6, 6.07) is 15.2. The van der Waals surface area contributed by atoms with E-state index in [4.69, 9.17) is 25.6 Å². The lowest BCUT2D eigenvalue weighted by atomic mass is 10.2. The van der Waals surface area contributed by atoms with Crippen LogP contribution in [0.3, 0.4) is 0 Å². The lowest BCUT2D eigenvalue weighted by Crippen LogP contribution is -2.16. The minimum absolute atomic E-state index is 0.145. The highest BCUT2D eigenvalue weighted by atomic mass is 35.5. The fourth-order valence-electron chi connectivity index (χ4n) is 3.74. The molecule has 0 radical (unpaired) electrons. The molecular weight excluding hydrogens is 462 g/mol. The van der Waals surface area contributed by atoms with E-state index in [2.05, 4.69) is 24.9 Å². The molecule has 8 nitrogen and oxygen atoms in total. The molecule has 5 rings (SSSR count). The van der Waals surface area contributed by atoms with Crippen LogP contribution < -0.4 is 4.74 Å². The van der Waals surface area contributed by atoms with Crippen LogP contribution in [0.1, 0.15) is 18.7 Å². The zero-order valence-corrected chi connectivity index (χ0v) is 19.6. The third kappa shape index (κ3) is 4.90. The van der Waals surface area contributed by atoms with Crippen LogP contribution in [0.25, 0.3) is 22.8 Å². The molecule has 0 spiro atoms. The number of hydrogen-bond donors (Lipinski definition) is 0. The van der Waals surface area contributed by atoms with E-state index in [1.165, 1.54) is 11.8 Å². The highest BCUT2D eigenvalue weighted by Crippen LogP contribution is 2.31. The second-order valence-electron chi connectivity index (χ2n) is 7.56. The number of thioether (sulfide) groups is 1. The molecule has 10 heteroatoms. The van der Waals surface area contributed by atoms with Crippen LogP contribution in [0.2, 0.25) is 5.02 Å². The Morgan fingerprint density at radius 2 is 2.00 bits per heavy atom. The zero-order chi connectivity index (χ0) is 22.6. The summed E-state index contributed by atoms with van der Waals surface area (Å²) in [7, 11) is 1.62. The fraction of sp³-hybridized carbons (Fsp3) is 0.304. The quantitative estimate of drug-likeness (QED) is 0.319. The van der Waals surface area contributed by atoms with Crippen molar-refractivity contribution < 1.29 is 14.0 Å². The van der Waals surface area contributed by atoms with Crippen LogP contribution in [-0.2, 0) is 17.0 Å². The van der Waals surface area contributed by atoms with Crippen molar-refractivity contribution in [3.63, 3.8) is 0 Å². The van der Waals surface area contributed by atoms with Crippen LogP contribution in [0.4, 0.5) is 0 Å². The van der Waals surface area contributed by atoms with E-state index < -0.39 is 0 Å². The maximum atomic E-state index is 6.07. The van der Waals surface area contributed by atoms with Gasteiger partial charge in [0.15, 0.2) is 11.0 Å². The van der Waals surface area contributed by atoms with E-state index in [-0.39, 0.29) is 6.10 Å². The summed E-state index contributed by atoms with van der Waals surface area (Å²) < 4.78 is 18.9. The fourth-order valence-corrected chi connectivity index (χ4v) is 4.65. The molecule has 1 saturated heterocycles. The standard InChI is InChI=1S/C23H22ClN5O3S/c1-30-19-7-3-2-6-18(19)21-25-20(32-28-21)14-33-23-27-26-22(15-8-10-16(24)11-9-15)29(23)13-17-5-4-12-31-17/h2-3,6-11,17H,4-5,12-14H2,1H3/t17-/m0/s1. The van der Waals surface area contributed by atoms with Crippen molar-refractivity contribution in [3.05, 3.63) is 59.4 Å². The molecule has 0 bridgehead atoms. The van der Waals surface area contributed by atoms with Gasteiger partial charge >= 0.3 is 0 Å². The van der Waals surface area contributed by atoms with Crippen LogP contribution in [0.15, 0.2) is 58.2 Å². The molecule has 2 aromatic carbocycles. The first-order chi connectivity index (χ1) is 16.2. The summed E-state index contributed by atoms with van der Waals surface area (Å²) in [5.74, 6) is 2.93. The van der Waals surface area contributed by atoms with E-state index in [1.54, 1.807) is 7.11 Å². The Balaban J connectivity index is 1.37. The Labute approximate surface area is 200 Å². The number of ether oxygens (including phenoxy) is 2. The second kappa shape index (κ2) is 9.94. The highest BCUT2D eigenvalue weighted by Gasteiger charge is 2.22. The largest absolute Gasteiger partial charge is 0.496 e. The first kappa shape index (κ1) is 21.9. The van der Waals surface area contributed by atoms with Gasteiger partial charge in [0.05, 0.1) is 31.1 Å². The van der Waals surface area contributed by atoms with Gasteiger partial charge in [-0.25, -0.2) is 0 Å². The number of hydrogen-bond acceptors (Lipinski definition) is 8. The molecule has 0 saturated carbocycles. The summed E-state index contributed by atoms with van der Waals surface area (Å²) in [6.07, 6.45) is 2.24. The Morgan fingerprint density at radius 1 is 1.15 bits per heavy atom. The summed E-state index contributed by atoms with van der Waals surface area (Å²) >= 11 is 7.57. The van der Waals surface area contributed by atoms with E-state index in [0.717, 1.165) is 41.6 Å². The van der Waals surface area contributed by atoms with Gasteiger partial charge in [-0.1, -0.05) is 40.7 Å². The SMILES string of the molecule is COc1ccccc1-c1noc(CSc2nnc(-c3ccc(Cl)cc3)n2C[C@@H]2CCCO2)n1. The van der Waals surface area contributed by atoms with Crippen LogP contribution >= 0.6 is 23.4 Å². The molecule has 1 fully saturated rings. The number of aromatic nitrogens is 5. The minimum atomic E-state index is 0.145. The summed E-state index contributed by atoms with van der Waals surface area (Å²) in [6.45, 7) is 1.48. The maximum Gasteiger partial charge on any atom is 0.237 e. The van der Waals surface area contributed by atoms with Gasteiger partial charge in [-0.2, -0.15) is 4.98 Å². The van der Waals surface area contributed by atoms with Gasteiger partial charge in [0.1, 0.15) is 5.75 Å². The van der Waals surface area contributed by atoms with Crippen LogP contribution in [0.5, 0.6) is 5.75 Å². The van der Waals surface area contributed by atoms with E-state index in [0.29, 0.717) is 34.8 Å². The van der Waals surface area contributed by atoms with Crippen LogP contribution in [-0.4, -0.2) is 44.7 Å². The molecule has 0 amide bonds. The molecular formula is C23H22ClN5O3S. The predicted molar refractivity (Wildman–Crippen MR) is 125 cm³/mol. The van der Waals surface area contributed by atoms with Gasteiger partial charge in [-0.05, 0) is 49.2 Å². The Bertz CT molecular complexity index is 1220. The first-order valence-corrected chi connectivity index (χ1v) is 12.0. The monoisotopic (exact) mass is 483 g/mol. The van der Waals surface area contributed by atoms with Gasteiger partial charge in [0.2, 0.25) is 11.7 Å². The minimum Gasteiger partial charge on any atom is -0.496 e. The Hall–Kier alpha value is -2.88. The molecule has 170 valence electrons. The molecule has 3 heterocycles. The number of rotatable bonds is 8. The van der Waals surface area contributed by atoms with Crippen molar-refractivity contribution in [2.45, 2.75) is 36.4 Å². The topological polar surface area (TPSA) is 88.1 Å². The molecule has 4 aromatic rings. The third-order valence-electron chi connectivity index (χ3n) is 5.37.